The molecule has 2 nitrogen and oxygen atoms in total. The number of hydrogen-bond donors (Lipinski definition) is 0. The third-order valence-corrected chi connectivity index (χ3v) is 3.57. The van der Waals surface area contributed by atoms with E-state index in [1.165, 1.54) is 11.1 Å². The Morgan fingerprint density at radius 3 is 2.71 bits per heavy atom. The number of carbonyl (C=O) groups excluding carboxylic acids is 1. The van der Waals surface area contributed by atoms with Gasteiger partial charge in [-0.3, -0.25) is 4.79 Å². The first-order valence-corrected chi connectivity index (χ1v) is 6.61. The maximum Gasteiger partial charge on any atom is 0.185 e. The summed E-state index contributed by atoms with van der Waals surface area (Å²) in [6.45, 7) is 2.12. The van der Waals surface area contributed by atoms with E-state index in [-0.39, 0.29) is 0 Å². The Hall–Kier alpha value is -1.48. The van der Waals surface area contributed by atoms with E-state index in [4.69, 9.17) is 4.42 Å². The van der Waals surface area contributed by atoms with Gasteiger partial charge in [0, 0.05) is 5.75 Å². The van der Waals surface area contributed by atoms with Crippen molar-refractivity contribution in [3.05, 3.63) is 59.0 Å². The zero-order valence-electron chi connectivity index (χ0n) is 9.68. The first-order valence-electron chi connectivity index (χ1n) is 5.46. The smallest absolute Gasteiger partial charge is 0.185 e. The van der Waals surface area contributed by atoms with Gasteiger partial charge in [-0.25, -0.2) is 0 Å². The Kier molecular flexibility index (Phi) is 4.04. The van der Waals surface area contributed by atoms with E-state index in [0.29, 0.717) is 5.76 Å². The van der Waals surface area contributed by atoms with E-state index < -0.39 is 0 Å². The topological polar surface area (TPSA) is 30.2 Å². The second-order valence-corrected chi connectivity index (χ2v) is 4.83. The normalized spacial score (nSPS) is 10.4. The quantitative estimate of drug-likeness (QED) is 0.751. The van der Waals surface area contributed by atoms with Gasteiger partial charge >= 0.3 is 0 Å². The lowest BCUT2D eigenvalue weighted by molar-refractivity contribution is 0.109. The molecule has 0 atom stereocenters. The highest BCUT2D eigenvalue weighted by Gasteiger charge is 2.02. The summed E-state index contributed by atoms with van der Waals surface area (Å²) in [6, 6.07) is 11.9. The van der Waals surface area contributed by atoms with Crippen molar-refractivity contribution in [3.8, 4) is 0 Å². The number of benzene rings is 1. The lowest BCUT2D eigenvalue weighted by Gasteiger charge is -2.03. The monoisotopic (exact) mass is 246 g/mol. The number of aryl methyl sites for hydroxylation is 1. The van der Waals surface area contributed by atoms with Gasteiger partial charge in [-0.1, -0.05) is 24.3 Å². The Balaban J connectivity index is 1.87. The van der Waals surface area contributed by atoms with Crippen LogP contribution in [0.4, 0.5) is 0 Å². The second kappa shape index (κ2) is 5.73. The van der Waals surface area contributed by atoms with Crippen LogP contribution >= 0.6 is 11.8 Å². The zero-order valence-corrected chi connectivity index (χ0v) is 10.5. The average molecular weight is 246 g/mol. The maximum atomic E-state index is 10.5. The van der Waals surface area contributed by atoms with Gasteiger partial charge in [0.1, 0.15) is 5.76 Å². The summed E-state index contributed by atoms with van der Waals surface area (Å²) in [4.78, 5) is 10.5. The predicted octanol–water partition coefficient (Wildman–Crippen LogP) is 3.83. The van der Waals surface area contributed by atoms with Gasteiger partial charge in [0.25, 0.3) is 0 Å². The van der Waals surface area contributed by atoms with Crippen molar-refractivity contribution < 1.29 is 9.21 Å². The van der Waals surface area contributed by atoms with Gasteiger partial charge < -0.3 is 4.42 Å². The van der Waals surface area contributed by atoms with Crippen LogP contribution in [0.15, 0.2) is 40.8 Å². The van der Waals surface area contributed by atoms with Crippen molar-refractivity contribution in [1.82, 2.24) is 0 Å². The number of thioether (sulfide) groups is 1. The Morgan fingerprint density at radius 1 is 1.18 bits per heavy atom. The van der Waals surface area contributed by atoms with E-state index in [9.17, 15) is 4.79 Å². The van der Waals surface area contributed by atoms with Crippen LogP contribution in [0, 0.1) is 6.92 Å². The molecule has 0 saturated carbocycles. The number of furan rings is 1. The van der Waals surface area contributed by atoms with Crippen molar-refractivity contribution in [3.63, 3.8) is 0 Å². The van der Waals surface area contributed by atoms with Crippen LogP contribution in [0.2, 0.25) is 0 Å². The Bertz CT molecular complexity index is 502. The fourth-order valence-corrected chi connectivity index (χ4v) is 2.57. The first-order chi connectivity index (χ1) is 8.29. The van der Waals surface area contributed by atoms with Gasteiger partial charge in [-0.2, -0.15) is 0 Å². The highest BCUT2D eigenvalue weighted by molar-refractivity contribution is 7.97. The van der Waals surface area contributed by atoms with Crippen LogP contribution in [0.3, 0.4) is 0 Å². The van der Waals surface area contributed by atoms with Crippen LogP contribution < -0.4 is 0 Å². The molecular weight excluding hydrogens is 232 g/mol. The average Bonchev–Trinajstić information content (AvgIpc) is 2.80. The Morgan fingerprint density at radius 2 is 2.00 bits per heavy atom. The molecule has 3 heteroatoms. The van der Waals surface area contributed by atoms with Crippen molar-refractivity contribution in [2.75, 3.05) is 0 Å². The molecule has 0 radical (unpaired) electrons. The molecule has 1 aromatic heterocycles. The molecule has 88 valence electrons. The summed E-state index contributed by atoms with van der Waals surface area (Å²) in [7, 11) is 0. The van der Waals surface area contributed by atoms with Crippen LogP contribution in [0.25, 0.3) is 0 Å². The van der Waals surface area contributed by atoms with Gasteiger partial charge in [0.05, 0.1) is 5.75 Å². The maximum absolute atomic E-state index is 10.5. The van der Waals surface area contributed by atoms with Crippen LogP contribution in [-0.2, 0) is 11.5 Å². The fraction of sp³-hybridized carbons (Fsp3) is 0.214. The molecule has 0 saturated heterocycles. The second-order valence-electron chi connectivity index (χ2n) is 3.84. The SMILES string of the molecule is Cc1ccccc1CSCc1ccc(C=O)o1. The van der Waals surface area contributed by atoms with E-state index >= 15 is 0 Å². The molecule has 0 spiro atoms. The minimum Gasteiger partial charge on any atom is -0.457 e. The van der Waals surface area contributed by atoms with E-state index in [0.717, 1.165) is 23.6 Å². The van der Waals surface area contributed by atoms with Crippen molar-refractivity contribution >= 4 is 18.0 Å². The standard InChI is InChI=1S/C14H14O2S/c1-11-4-2-3-5-12(11)9-17-10-14-7-6-13(8-15)16-14/h2-8H,9-10H2,1H3. The third-order valence-electron chi connectivity index (χ3n) is 2.56. The molecule has 0 bridgehead atoms. The molecule has 2 rings (SSSR count). The zero-order chi connectivity index (χ0) is 12.1. The van der Waals surface area contributed by atoms with Crippen LogP contribution in [-0.4, -0.2) is 6.29 Å². The molecule has 0 fully saturated rings. The van der Waals surface area contributed by atoms with Crippen molar-refractivity contribution in [2.24, 2.45) is 0 Å². The summed E-state index contributed by atoms with van der Waals surface area (Å²) in [5.41, 5.74) is 2.66. The minimum absolute atomic E-state index is 0.400. The van der Waals surface area contributed by atoms with Crippen molar-refractivity contribution in [2.45, 2.75) is 18.4 Å². The number of rotatable bonds is 5. The molecule has 2 aromatic rings. The number of aldehydes is 1. The predicted molar refractivity (Wildman–Crippen MR) is 70.3 cm³/mol. The molecule has 0 aliphatic heterocycles. The van der Waals surface area contributed by atoms with Gasteiger partial charge in [-0.15, -0.1) is 11.8 Å². The lowest BCUT2D eigenvalue weighted by atomic mass is 10.1. The third kappa shape index (κ3) is 3.24. The summed E-state index contributed by atoms with van der Waals surface area (Å²) in [5, 5.41) is 0. The molecule has 0 aliphatic carbocycles. The summed E-state index contributed by atoms with van der Waals surface area (Å²) < 4.78 is 5.31. The molecule has 1 heterocycles. The summed E-state index contributed by atoms with van der Waals surface area (Å²) in [5.74, 6) is 3.01. The summed E-state index contributed by atoms with van der Waals surface area (Å²) >= 11 is 1.79. The highest BCUT2D eigenvalue weighted by Crippen LogP contribution is 2.20. The highest BCUT2D eigenvalue weighted by atomic mass is 32.2. The number of carbonyl (C=O) groups is 1. The minimum atomic E-state index is 0.400. The van der Waals surface area contributed by atoms with Crippen LogP contribution in [0.1, 0.15) is 27.4 Å². The molecular formula is C14H14O2S. The summed E-state index contributed by atoms with van der Waals surface area (Å²) in [6.07, 6.45) is 0.732. The van der Waals surface area contributed by atoms with E-state index in [1.54, 1.807) is 17.8 Å². The molecule has 0 N–H and O–H groups in total. The first kappa shape index (κ1) is 12.0. The Labute approximate surface area is 105 Å². The van der Waals surface area contributed by atoms with Crippen molar-refractivity contribution in [1.29, 1.82) is 0 Å². The lowest BCUT2D eigenvalue weighted by Crippen LogP contribution is -1.86. The molecule has 17 heavy (non-hydrogen) atoms. The van der Waals surface area contributed by atoms with Gasteiger partial charge in [-0.05, 0) is 30.2 Å². The molecule has 1 aromatic carbocycles. The van der Waals surface area contributed by atoms with E-state index in [1.807, 2.05) is 12.1 Å². The molecule has 0 unspecified atom stereocenters. The van der Waals surface area contributed by atoms with Gasteiger partial charge in [0.2, 0.25) is 0 Å². The fourth-order valence-electron chi connectivity index (χ4n) is 1.57. The van der Waals surface area contributed by atoms with Crippen LogP contribution in [0.5, 0.6) is 0 Å². The molecule has 0 amide bonds. The molecule has 0 aliphatic rings. The number of hydrogen-bond acceptors (Lipinski definition) is 3. The van der Waals surface area contributed by atoms with E-state index in [2.05, 4.69) is 25.1 Å². The largest absolute Gasteiger partial charge is 0.457 e. The van der Waals surface area contributed by atoms with Gasteiger partial charge in [0.15, 0.2) is 12.0 Å².